The van der Waals surface area contributed by atoms with Gasteiger partial charge in [0.15, 0.2) is 0 Å². The summed E-state index contributed by atoms with van der Waals surface area (Å²) in [6, 6.07) is 6.33. The largest absolute Gasteiger partial charge is 0.365 e. The van der Waals surface area contributed by atoms with Crippen LogP contribution in [0.4, 0.5) is 0 Å². The normalized spacial score (nSPS) is 34.7. The molecule has 1 heterocycles. The Morgan fingerprint density at radius 1 is 1.82 bits per heavy atom. The fourth-order valence-corrected chi connectivity index (χ4v) is 1.54. The summed E-state index contributed by atoms with van der Waals surface area (Å²) in [4.78, 5) is 3.15. The standard InChI is InChI=1S/C9H10N2/c1-9(5-7(9)6-10)8-3-2-4-11-8/h2-4,7,11H,5H2,1H3. The summed E-state index contributed by atoms with van der Waals surface area (Å²) in [6.45, 7) is 2.13. The molecule has 2 atom stereocenters. The van der Waals surface area contributed by atoms with Crippen LogP contribution in [0, 0.1) is 17.2 Å². The van der Waals surface area contributed by atoms with Gasteiger partial charge < -0.3 is 4.98 Å². The molecular formula is C9H10N2. The molecule has 2 nitrogen and oxygen atoms in total. The quantitative estimate of drug-likeness (QED) is 0.644. The predicted molar refractivity (Wildman–Crippen MR) is 41.9 cm³/mol. The highest BCUT2D eigenvalue weighted by molar-refractivity contribution is 5.30. The minimum atomic E-state index is 0.123. The lowest BCUT2D eigenvalue weighted by atomic mass is 10.0. The second-order valence-electron chi connectivity index (χ2n) is 3.39. The van der Waals surface area contributed by atoms with Crippen molar-refractivity contribution in [2.75, 3.05) is 0 Å². The van der Waals surface area contributed by atoms with E-state index < -0.39 is 0 Å². The Bertz CT molecular complexity index is 294. The lowest BCUT2D eigenvalue weighted by Crippen LogP contribution is -2.03. The summed E-state index contributed by atoms with van der Waals surface area (Å²) in [5.74, 6) is 0.223. The van der Waals surface area contributed by atoms with Crippen molar-refractivity contribution in [2.45, 2.75) is 18.8 Å². The Labute approximate surface area is 65.9 Å². The van der Waals surface area contributed by atoms with E-state index in [1.165, 1.54) is 5.69 Å². The minimum absolute atomic E-state index is 0.123. The minimum Gasteiger partial charge on any atom is -0.365 e. The van der Waals surface area contributed by atoms with Gasteiger partial charge in [-0.1, -0.05) is 6.92 Å². The van der Waals surface area contributed by atoms with Gasteiger partial charge in [0.1, 0.15) is 0 Å². The zero-order valence-electron chi connectivity index (χ0n) is 6.46. The maximum absolute atomic E-state index is 8.68. The monoisotopic (exact) mass is 146 g/mol. The van der Waals surface area contributed by atoms with Crippen molar-refractivity contribution in [1.29, 1.82) is 5.26 Å². The molecule has 0 radical (unpaired) electrons. The third-order valence-corrected chi connectivity index (χ3v) is 2.61. The molecule has 56 valence electrons. The van der Waals surface area contributed by atoms with Crippen molar-refractivity contribution in [1.82, 2.24) is 4.98 Å². The summed E-state index contributed by atoms with van der Waals surface area (Å²) in [7, 11) is 0. The highest BCUT2D eigenvalue weighted by Gasteiger charge is 2.52. The molecule has 1 fully saturated rings. The second-order valence-corrected chi connectivity index (χ2v) is 3.39. The van der Waals surface area contributed by atoms with E-state index in [9.17, 15) is 0 Å². The van der Waals surface area contributed by atoms with Gasteiger partial charge in [-0.2, -0.15) is 5.26 Å². The second kappa shape index (κ2) is 1.88. The molecule has 1 aromatic rings. The van der Waals surface area contributed by atoms with E-state index in [4.69, 9.17) is 5.26 Å². The molecule has 0 aromatic carbocycles. The SMILES string of the molecule is CC1(c2ccc[nH]2)CC1C#N. The zero-order valence-corrected chi connectivity index (χ0v) is 6.46. The van der Waals surface area contributed by atoms with Crippen molar-refractivity contribution in [3.05, 3.63) is 24.0 Å². The lowest BCUT2D eigenvalue weighted by molar-refractivity contribution is 0.717. The van der Waals surface area contributed by atoms with Gasteiger partial charge in [-0.05, 0) is 18.6 Å². The predicted octanol–water partition coefficient (Wildman–Crippen LogP) is 1.82. The van der Waals surface area contributed by atoms with Crippen molar-refractivity contribution in [3.8, 4) is 6.07 Å². The van der Waals surface area contributed by atoms with Crippen LogP contribution in [0.15, 0.2) is 18.3 Å². The summed E-state index contributed by atoms with van der Waals surface area (Å²) < 4.78 is 0. The molecule has 1 aliphatic rings. The number of rotatable bonds is 1. The molecule has 0 saturated heterocycles. The van der Waals surface area contributed by atoms with Crippen LogP contribution in [-0.4, -0.2) is 4.98 Å². The van der Waals surface area contributed by atoms with Crippen LogP contribution in [0.1, 0.15) is 19.0 Å². The number of nitrogens with one attached hydrogen (secondary N) is 1. The molecule has 2 rings (SSSR count). The average molecular weight is 146 g/mol. The van der Waals surface area contributed by atoms with Crippen molar-refractivity contribution >= 4 is 0 Å². The highest BCUT2D eigenvalue weighted by Crippen LogP contribution is 2.52. The van der Waals surface area contributed by atoms with Crippen LogP contribution < -0.4 is 0 Å². The summed E-state index contributed by atoms with van der Waals surface area (Å²) in [5, 5.41) is 8.68. The highest BCUT2D eigenvalue weighted by atomic mass is 14.8. The van der Waals surface area contributed by atoms with Crippen molar-refractivity contribution < 1.29 is 0 Å². The van der Waals surface area contributed by atoms with Crippen LogP contribution >= 0.6 is 0 Å². The Balaban J connectivity index is 2.28. The molecule has 0 spiro atoms. The molecule has 1 saturated carbocycles. The fourth-order valence-electron chi connectivity index (χ4n) is 1.54. The molecule has 0 aliphatic heterocycles. The first-order valence-corrected chi connectivity index (χ1v) is 3.81. The molecule has 0 bridgehead atoms. The Hall–Kier alpha value is -1.23. The van der Waals surface area contributed by atoms with Gasteiger partial charge in [-0.3, -0.25) is 0 Å². The van der Waals surface area contributed by atoms with E-state index in [0.29, 0.717) is 0 Å². The maximum atomic E-state index is 8.68. The number of H-pyrrole nitrogens is 1. The van der Waals surface area contributed by atoms with Gasteiger partial charge in [0.05, 0.1) is 12.0 Å². The number of hydrogen-bond acceptors (Lipinski definition) is 1. The number of hydrogen-bond donors (Lipinski definition) is 1. The summed E-state index contributed by atoms with van der Waals surface area (Å²) in [6.07, 6.45) is 2.91. The Kier molecular flexibility index (Phi) is 1.11. The zero-order chi connectivity index (χ0) is 7.90. The molecule has 2 heteroatoms. The first-order valence-electron chi connectivity index (χ1n) is 3.81. The van der Waals surface area contributed by atoms with Gasteiger partial charge >= 0.3 is 0 Å². The number of aromatic amines is 1. The van der Waals surface area contributed by atoms with Crippen LogP contribution in [-0.2, 0) is 5.41 Å². The van der Waals surface area contributed by atoms with Gasteiger partial charge in [-0.15, -0.1) is 0 Å². The molecule has 1 aromatic heterocycles. The van der Waals surface area contributed by atoms with Crippen molar-refractivity contribution in [2.24, 2.45) is 5.92 Å². The molecular weight excluding hydrogens is 136 g/mol. The number of nitrogens with zero attached hydrogens (tertiary/aromatic N) is 1. The summed E-state index contributed by atoms with van der Waals surface area (Å²) in [5.41, 5.74) is 1.32. The Morgan fingerprint density at radius 2 is 2.64 bits per heavy atom. The third-order valence-electron chi connectivity index (χ3n) is 2.61. The topological polar surface area (TPSA) is 39.6 Å². The summed E-state index contributed by atoms with van der Waals surface area (Å²) >= 11 is 0. The lowest BCUT2D eigenvalue weighted by Gasteiger charge is -2.03. The molecule has 0 amide bonds. The van der Waals surface area contributed by atoms with Gasteiger partial charge in [-0.25, -0.2) is 0 Å². The van der Waals surface area contributed by atoms with E-state index in [1.807, 2.05) is 12.3 Å². The van der Waals surface area contributed by atoms with Crippen LogP contribution in [0.3, 0.4) is 0 Å². The van der Waals surface area contributed by atoms with Crippen LogP contribution in [0.25, 0.3) is 0 Å². The maximum Gasteiger partial charge on any atom is 0.0666 e. The van der Waals surface area contributed by atoms with E-state index in [-0.39, 0.29) is 11.3 Å². The van der Waals surface area contributed by atoms with Gasteiger partial charge in [0, 0.05) is 17.3 Å². The van der Waals surface area contributed by atoms with E-state index in [0.717, 1.165) is 6.42 Å². The average Bonchev–Trinajstić information content (AvgIpc) is 2.55. The van der Waals surface area contributed by atoms with E-state index >= 15 is 0 Å². The third kappa shape index (κ3) is 0.775. The van der Waals surface area contributed by atoms with Crippen LogP contribution in [0.2, 0.25) is 0 Å². The molecule has 1 N–H and O–H groups in total. The number of nitriles is 1. The number of aromatic nitrogens is 1. The van der Waals surface area contributed by atoms with E-state index in [1.54, 1.807) is 0 Å². The molecule has 11 heavy (non-hydrogen) atoms. The first-order chi connectivity index (χ1) is 5.27. The smallest absolute Gasteiger partial charge is 0.0666 e. The first kappa shape index (κ1) is 6.48. The van der Waals surface area contributed by atoms with Gasteiger partial charge in [0.2, 0.25) is 0 Å². The molecule has 1 aliphatic carbocycles. The fraction of sp³-hybridized carbons (Fsp3) is 0.444. The molecule has 2 unspecified atom stereocenters. The Morgan fingerprint density at radius 3 is 3.09 bits per heavy atom. The van der Waals surface area contributed by atoms with Crippen molar-refractivity contribution in [3.63, 3.8) is 0 Å². The van der Waals surface area contributed by atoms with Gasteiger partial charge in [0.25, 0.3) is 0 Å². The van der Waals surface area contributed by atoms with Crippen LogP contribution in [0.5, 0.6) is 0 Å². The van der Waals surface area contributed by atoms with E-state index in [2.05, 4.69) is 24.0 Å².